The summed E-state index contributed by atoms with van der Waals surface area (Å²) in [4.78, 5) is 15.1. The molecule has 6 nitrogen and oxygen atoms in total. The van der Waals surface area contributed by atoms with E-state index in [-0.39, 0.29) is 17.9 Å². The molecule has 1 saturated heterocycles. The van der Waals surface area contributed by atoms with Crippen LogP contribution in [0.2, 0.25) is 0 Å². The van der Waals surface area contributed by atoms with Crippen molar-refractivity contribution in [1.29, 1.82) is 0 Å². The average Bonchev–Trinajstić information content (AvgIpc) is 3.18. The SMILES string of the molecule is COc1ccc(C(=O)N2CCC(CCO)(c3ccccc3)C2)c(OC)c1OC. The van der Waals surface area contributed by atoms with Crippen LogP contribution in [0.3, 0.4) is 0 Å². The molecule has 0 saturated carbocycles. The van der Waals surface area contributed by atoms with E-state index in [0.29, 0.717) is 42.3 Å². The molecule has 150 valence electrons. The van der Waals surface area contributed by atoms with Crippen LogP contribution >= 0.6 is 0 Å². The summed E-state index contributed by atoms with van der Waals surface area (Å²) >= 11 is 0. The van der Waals surface area contributed by atoms with Crippen LogP contribution in [-0.2, 0) is 5.41 Å². The van der Waals surface area contributed by atoms with E-state index in [1.807, 2.05) is 23.1 Å². The van der Waals surface area contributed by atoms with Gasteiger partial charge in [0.15, 0.2) is 11.5 Å². The lowest BCUT2D eigenvalue weighted by Gasteiger charge is -2.29. The molecule has 1 atom stereocenters. The molecule has 1 aliphatic heterocycles. The normalized spacial score (nSPS) is 18.8. The second-order valence-corrected chi connectivity index (χ2v) is 6.98. The quantitative estimate of drug-likeness (QED) is 0.794. The number of amides is 1. The third-order valence-electron chi connectivity index (χ3n) is 5.55. The van der Waals surface area contributed by atoms with Crippen molar-refractivity contribution in [3.05, 3.63) is 53.6 Å². The smallest absolute Gasteiger partial charge is 0.257 e. The Bertz CT molecular complexity index is 823. The number of hydrogen-bond donors (Lipinski definition) is 1. The van der Waals surface area contributed by atoms with Gasteiger partial charge in [-0.05, 0) is 30.5 Å². The van der Waals surface area contributed by atoms with Crippen LogP contribution in [-0.4, -0.2) is 56.9 Å². The number of carbonyl (C=O) groups excluding carboxylic acids is 1. The third kappa shape index (κ3) is 3.52. The summed E-state index contributed by atoms with van der Waals surface area (Å²) in [6.07, 6.45) is 1.42. The van der Waals surface area contributed by atoms with Gasteiger partial charge < -0.3 is 24.2 Å². The van der Waals surface area contributed by atoms with Crippen molar-refractivity contribution in [3.8, 4) is 17.2 Å². The van der Waals surface area contributed by atoms with Gasteiger partial charge in [-0.1, -0.05) is 30.3 Å². The highest BCUT2D eigenvalue weighted by Crippen LogP contribution is 2.42. The molecule has 6 heteroatoms. The molecule has 1 heterocycles. The van der Waals surface area contributed by atoms with E-state index in [4.69, 9.17) is 14.2 Å². The molecule has 28 heavy (non-hydrogen) atoms. The Balaban J connectivity index is 1.92. The molecule has 1 fully saturated rings. The zero-order valence-electron chi connectivity index (χ0n) is 16.6. The Morgan fingerprint density at radius 1 is 1.04 bits per heavy atom. The Morgan fingerprint density at radius 3 is 2.36 bits per heavy atom. The first-order valence-corrected chi connectivity index (χ1v) is 9.35. The zero-order chi connectivity index (χ0) is 20.1. The lowest BCUT2D eigenvalue weighted by atomic mass is 9.77. The van der Waals surface area contributed by atoms with E-state index < -0.39 is 0 Å². The molecule has 1 N–H and O–H groups in total. The van der Waals surface area contributed by atoms with Crippen molar-refractivity contribution in [2.75, 3.05) is 41.0 Å². The summed E-state index contributed by atoms with van der Waals surface area (Å²) < 4.78 is 16.2. The second kappa shape index (κ2) is 8.52. The molecule has 0 radical (unpaired) electrons. The molecular formula is C22H27NO5. The molecule has 0 bridgehead atoms. The summed E-state index contributed by atoms with van der Waals surface area (Å²) in [6, 6.07) is 13.5. The first-order chi connectivity index (χ1) is 13.6. The number of rotatable bonds is 7. The van der Waals surface area contributed by atoms with Crippen molar-refractivity contribution >= 4 is 5.91 Å². The number of benzene rings is 2. The van der Waals surface area contributed by atoms with Gasteiger partial charge in [0, 0.05) is 25.1 Å². The van der Waals surface area contributed by atoms with Crippen molar-refractivity contribution < 1.29 is 24.1 Å². The monoisotopic (exact) mass is 385 g/mol. The fourth-order valence-corrected chi connectivity index (χ4v) is 4.08. The molecule has 1 unspecified atom stereocenters. The van der Waals surface area contributed by atoms with Crippen LogP contribution in [0.1, 0.15) is 28.8 Å². The highest BCUT2D eigenvalue weighted by molar-refractivity contribution is 5.98. The molecule has 2 aromatic rings. The van der Waals surface area contributed by atoms with Crippen LogP contribution in [0.5, 0.6) is 17.2 Å². The number of ether oxygens (including phenoxy) is 3. The van der Waals surface area contributed by atoms with Crippen LogP contribution in [0, 0.1) is 0 Å². The van der Waals surface area contributed by atoms with Crippen LogP contribution in [0.25, 0.3) is 0 Å². The minimum Gasteiger partial charge on any atom is -0.493 e. The molecule has 0 aromatic heterocycles. The summed E-state index contributed by atoms with van der Waals surface area (Å²) in [5.41, 5.74) is 1.35. The molecule has 2 aromatic carbocycles. The molecule has 0 spiro atoms. The molecule has 1 amide bonds. The predicted octanol–water partition coefficient (Wildman–Crippen LogP) is 2.88. The molecule has 0 aliphatic carbocycles. The minimum atomic E-state index is -0.241. The van der Waals surface area contributed by atoms with E-state index in [0.717, 1.165) is 12.0 Å². The first kappa shape index (κ1) is 20.0. The topological polar surface area (TPSA) is 68.2 Å². The van der Waals surface area contributed by atoms with Crippen molar-refractivity contribution in [3.63, 3.8) is 0 Å². The lowest BCUT2D eigenvalue weighted by Crippen LogP contribution is -2.35. The van der Waals surface area contributed by atoms with E-state index in [1.165, 1.54) is 14.2 Å². The summed E-state index contributed by atoms with van der Waals surface area (Å²) in [7, 11) is 4.58. The highest BCUT2D eigenvalue weighted by atomic mass is 16.5. The van der Waals surface area contributed by atoms with Crippen molar-refractivity contribution in [2.24, 2.45) is 0 Å². The van der Waals surface area contributed by atoms with Gasteiger partial charge in [-0.15, -0.1) is 0 Å². The summed E-state index contributed by atoms with van der Waals surface area (Å²) in [5, 5.41) is 9.65. The Labute approximate surface area is 165 Å². The van der Waals surface area contributed by atoms with Crippen molar-refractivity contribution in [1.82, 2.24) is 4.90 Å². The van der Waals surface area contributed by atoms with E-state index in [9.17, 15) is 9.90 Å². The minimum absolute atomic E-state index is 0.0800. The van der Waals surface area contributed by atoms with Crippen LogP contribution in [0.4, 0.5) is 0 Å². The van der Waals surface area contributed by atoms with Gasteiger partial charge >= 0.3 is 0 Å². The largest absolute Gasteiger partial charge is 0.493 e. The van der Waals surface area contributed by atoms with E-state index >= 15 is 0 Å². The maximum Gasteiger partial charge on any atom is 0.257 e. The maximum absolute atomic E-state index is 13.3. The number of likely N-dealkylation sites (tertiary alicyclic amines) is 1. The van der Waals surface area contributed by atoms with Crippen LogP contribution in [0.15, 0.2) is 42.5 Å². The van der Waals surface area contributed by atoms with Crippen LogP contribution < -0.4 is 14.2 Å². The van der Waals surface area contributed by atoms with Gasteiger partial charge in [-0.25, -0.2) is 0 Å². The van der Waals surface area contributed by atoms with Gasteiger partial charge in [-0.2, -0.15) is 0 Å². The number of nitrogens with zero attached hydrogens (tertiary/aromatic N) is 1. The highest BCUT2D eigenvalue weighted by Gasteiger charge is 2.41. The number of hydrogen-bond acceptors (Lipinski definition) is 5. The molecule has 1 aliphatic rings. The third-order valence-corrected chi connectivity index (χ3v) is 5.55. The Hall–Kier alpha value is -2.73. The standard InChI is InChI=1S/C22H27NO5/c1-26-18-10-9-17(19(27-2)20(18)28-3)21(25)23-13-11-22(15-23,12-14-24)16-7-5-4-6-8-16/h4-10,24H,11-15H2,1-3H3. The summed E-state index contributed by atoms with van der Waals surface area (Å²) in [6.45, 7) is 1.25. The van der Waals surface area contributed by atoms with E-state index in [1.54, 1.807) is 19.2 Å². The number of aliphatic hydroxyl groups is 1. The van der Waals surface area contributed by atoms with Gasteiger partial charge in [-0.3, -0.25) is 4.79 Å². The lowest BCUT2D eigenvalue weighted by molar-refractivity contribution is 0.0775. The number of carbonyl (C=O) groups is 1. The van der Waals surface area contributed by atoms with E-state index in [2.05, 4.69) is 12.1 Å². The second-order valence-electron chi connectivity index (χ2n) is 6.98. The maximum atomic E-state index is 13.3. The van der Waals surface area contributed by atoms with Gasteiger partial charge in [0.05, 0.1) is 26.9 Å². The van der Waals surface area contributed by atoms with Crippen molar-refractivity contribution in [2.45, 2.75) is 18.3 Å². The van der Waals surface area contributed by atoms with Gasteiger partial charge in [0.2, 0.25) is 5.75 Å². The molecular weight excluding hydrogens is 358 g/mol. The first-order valence-electron chi connectivity index (χ1n) is 9.35. The number of methoxy groups -OCH3 is 3. The average molecular weight is 385 g/mol. The Kier molecular flexibility index (Phi) is 6.09. The summed E-state index contributed by atoms with van der Waals surface area (Å²) in [5.74, 6) is 1.16. The van der Waals surface area contributed by atoms with Gasteiger partial charge in [0.25, 0.3) is 5.91 Å². The number of aliphatic hydroxyl groups excluding tert-OH is 1. The predicted molar refractivity (Wildman–Crippen MR) is 106 cm³/mol. The Morgan fingerprint density at radius 2 is 1.75 bits per heavy atom. The fraction of sp³-hybridized carbons (Fsp3) is 0.409. The fourth-order valence-electron chi connectivity index (χ4n) is 4.08. The zero-order valence-corrected chi connectivity index (χ0v) is 16.6. The molecule has 3 rings (SSSR count). The van der Waals surface area contributed by atoms with Gasteiger partial charge in [0.1, 0.15) is 0 Å².